The zero-order chi connectivity index (χ0) is 17.2. The van der Waals surface area contributed by atoms with E-state index in [1.807, 2.05) is 29.0 Å². The number of amides is 1. The lowest BCUT2D eigenvalue weighted by Gasteiger charge is -2.07. The van der Waals surface area contributed by atoms with E-state index in [1.165, 1.54) is 17.7 Å². The number of nitrogens with zero attached hydrogens (tertiary/aromatic N) is 3. The summed E-state index contributed by atoms with van der Waals surface area (Å²) in [5.74, 6) is -0.317. The molecule has 0 unspecified atom stereocenters. The van der Waals surface area contributed by atoms with E-state index < -0.39 is 0 Å². The molecule has 0 spiro atoms. The number of hydrogen-bond donors (Lipinski definition) is 1. The van der Waals surface area contributed by atoms with E-state index in [9.17, 15) is 9.59 Å². The van der Waals surface area contributed by atoms with Gasteiger partial charge in [-0.2, -0.15) is 0 Å². The molecule has 124 valence electrons. The number of benzene rings is 1. The fourth-order valence-electron chi connectivity index (χ4n) is 2.39. The summed E-state index contributed by atoms with van der Waals surface area (Å²) in [6.07, 6.45) is 1.42. The third-order valence-corrected chi connectivity index (χ3v) is 5.47. The van der Waals surface area contributed by atoms with Crippen molar-refractivity contribution in [2.45, 2.75) is 6.42 Å². The highest BCUT2D eigenvalue weighted by Gasteiger charge is 2.11. The Morgan fingerprint density at radius 3 is 2.88 bits per heavy atom. The summed E-state index contributed by atoms with van der Waals surface area (Å²) in [6, 6.07) is 11.0. The average molecular weight is 368 g/mol. The van der Waals surface area contributed by atoms with Crippen LogP contribution in [0.5, 0.6) is 0 Å². The number of hydrogen-bond acceptors (Lipinski definition) is 6. The first-order valence-electron chi connectivity index (χ1n) is 7.45. The molecule has 0 saturated heterocycles. The Hall–Kier alpha value is -2.84. The first-order chi connectivity index (χ1) is 12.2. The summed E-state index contributed by atoms with van der Waals surface area (Å²) in [4.78, 5) is 34.3. The van der Waals surface area contributed by atoms with Crippen molar-refractivity contribution >= 4 is 39.5 Å². The minimum absolute atomic E-state index is 0.0984. The van der Waals surface area contributed by atoms with E-state index >= 15 is 0 Å². The molecule has 0 aliphatic rings. The quantitative estimate of drug-likeness (QED) is 0.601. The molecule has 0 aliphatic carbocycles. The average Bonchev–Trinajstić information content (AvgIpc) is 3.29. The summed E-state index contributed by atoms with van der Waals surface area (Å²) in [6.45, 7) is 0. The van der Waals surface area contributed by atoms with Crippen LogP contribution in [0.2, 0.25) is 0 Å². The van der Waals surface area contributed by atoms with Crippen molar-refractivity contribution in [3.63, 3.8) is 0 Å². The van der Waals surface area contributed by atoms with E-state index in [0.29, 0.717) is 16.6 Å². The molecular formula is C17H12N4O2S2. The van der Waals surface area contributed by atoms with Crippen LogP contribution >= 0.6 is 22.7 Å². The summed E-state index contributed by atoms with van der Waals surface area (Å²) < 4.78 is 1.11. The predicted molar refractivity (Wildman–Crippen MR) is 99.5 cm³/mol. The van der Waals surface area contributed by atoms with Gasteiger partial charge in [-0.15, -0.1) is 22.7 Å². The highest BCUT2D eigenvalue weighted by Crippen LogP contribution is 2.27. The lowest BCUT2D eigenvalue weighted by molar-refractivity contribution is -0.116. The first-order valence-corrected chi connectivity index (χ1v) is 9.21. The molecule has 6 nitrogen and oxygen atoms in total. The third kappa shape index (κ3) is 3.21. The SMILES string of the molecule is O=C(Cc1csc(-c2cccs2)n1)Nn1cnc2ccccc2c1=O. The molecular weight excluding hydrogens is 356 g/mol. The van der Waals surface area contributed by atoms with Gasteiger partial charge in [-0.05, 0) is 23.6 Å². The Morgan fingerprint density at radius 1 is 1.16 bits per heavy atom. The Kier molecular flexibility index (Phi) is 4.12. The number of carbonyl (C=O) groups excluding carboxylic acids is 1. The van der Waals surface area contributed by atoms with Gasteiger partial charge in [0.05, 0.1) is 27.9 Å². The van der Waals surface area contributed by atoms with Gasteiger partial charge in [-0.25, -0.2) is 14.6 Å². The van der Waals surface area contributed by atoms with Crippen molar-refractivity contribution in [2.24, 2.45) is 0 Å². The van der Waals surface area contributed by atoms with Crippen molar-refractivity contribution in [3.8, 4) is 9.88 Å². The zero-order valence-electron chi connectivity index (χ0n) is 12.9. The van der Waals surface area contributed by atoms with Gasteiger partial charge >= 0.3 is 0 Å². The molecule has 25 heavy (non-hydrogen) atoms. The maximum Gasteiger partial charge on any atom is 0.280 e. The van der Waals surface area contributed by atoms with Crippen LogP contribution in [0.25, 0.3) is 20.8 Å². The second kappa shape index (κ2) is 6.58. The van der Waals surface area contributed by atoms with Gasteiger partial charge in [0.1, 0.15) is 11.3 Å². The van der Waals surface area contributed by atoms with Crippen molar-refractivity contribution in [1.29, 1.82) is 0 Å². The molecule has 0 aliphatic heterocycles. The Labute approximate surface area is 150 Å². The van der Waals surface area contributed by atoms with E-state index in [2.05, 4.69) is 15.4 Å². The number of carbonyl (C=O) groups is 1. The lowest BCUT2D eigenvalue weighted by atomic mass is 10.2. The third-order valence-electron chi connectivity index (χ3n) is 3.54. The number of thiazole rings is 1. The molecule has 0 atom stereocenters. The summed E-state index contributed by atoms with van der Waals surface area (Å²) in [7, 11) is 0. The van der Waals surface area contributed by atoms with Crippen LogP contribution in [0, 0.1) is 0 Å². The summed E-state index contributed by atoms with van der Waals surface area (Å²) in [5.41, 5.74) is 3.53. The molecule has 4 rings (SSSR count). The lowest BCUT2D eigenvalue weighted by Crippen LogP contribution is -2.34. The molecule has 4 aromatic rings. The van der Waals surface area contributed by atoms with Crippen molar-refractivity contribution in [3.05, 3.63) is 69.5 Å². The Balaban J connectivity index is 1.51. The normalized spacial score (nSPS) is 10.9. The molecule has 3 heterocycles. The molecule has 0 bridgehead atoms. The van der Waals surface area contributed by atoms with E-state index in [1.54, 1.807) is 29.5 Å². The van der Waals surface area contributed by atoms with Crippen LogP contribution in [0.4, 0.5) is 0 Å². The zero-order valence-corrected chi connectivity index (χ0v) is 14.5. The van der Waals surface area contributed by atoms with E-state index in [-0.39, 0.29) is 17.9 Å². The van der Waals surface area contributed by atoms with Crippen LogP contribution < -0.4 is 11.0 Å². The predicted octanol–water partition coefficient (Wildman–Crippen LogP) is 2.89. The summed E-state index contributed by atoms with van der Waals surface area (Å²) in [5, 5.41) is 5.19. The number of thiophene rings is 1. The van der Waals surface area contributed by atoms with Gasteiger partial charge in [0.2, 0.25) is 5.91 Å². The van der Waals surface area contributed by atoms with Crippen LogP contribution in [-0.4, -0.2) is 20.6 Å². The first kappa shape index (κ1) is 15.7. The van der Waals surface area contributed by atoms with Gasteiger partial charge in [-0.1, -0.05) is 18.2 Å². The van der Waals surface area contributed by atoms with E-state index in [4.69, 9.17) is 0 Å². The van der Waals surface area contributed by atoms with Gasteiger partial charge < -0.3 is 0 Å². The molecule has 1 amide bonds. The molecule has 8 heteroatoms. The van der Waals surface area contributed by atoms with Crippen LogP contribution in [-0.2, 0) is 11.2 Å². The van der Waals surface area contributed by atoms with Crippen LogP contribution in [0.3, 0.4) is 0 Å². The molecule has 3 aromatic heterocycles. The van der Waals surface area contributed by atoms with E-state index in [0.717, 1.165) is 14.6 Å². The molecule has 1 N–H and O–H groups in total. The maximum atomic E-state index is 12.4. The number of para-hydroxylation sites is 1. The smallest absolute Gasteiger partial charge is 0.273 e. The second-order valence-corrected chi connectivity index (χ2v) is 7.08. The molecule has 1 aromatic carbocycles. The van der Waals surface area contributed by atoms with Crippen molar-refractivity contribution < 1.29 is 4.79 Å². The summed E-state index contributed by atoms with van der Waals surface area (Å²) >= 11 is 3.11. The maximum absolute atomic E-state index is 12.4. The van der Waals surface area contributed by atoms with Crippen molar-refractivity contribution in [1.82, 2.24) is 14.6 Å². The van der Waals surface area contributed by atoms with Gasteiger partial charge in [0.25, 0.3) is 5.56 Å². The standard InChI is InChI=1S/C17H12N4O2S2/c22-15(8-11-9-25-16(19-11)14-6-3-7-24-14)20-21-10-18-13-5-2-1-4-12(13)17(21)23/h1-7,9-10H,8H2,(H,20,22). The van der Waals surface area contributed by atoms with Gasteiger partial charge in [-0.3, -0.25) is 15.0 Å². The largest absolute Gasteiger partial charge is 0.280 e. The highest BCUT2D eigenvalue weighted by molar-refractivity contribution is 7.20. The minimum Gasteiger partial charge on any atom is -0.273 e. The topological polar surface area (TPSA) is 76.9 Å². The number of fused-ring (bicyclic) bond motifs is 1. The molecule has 0 radical (unpaired) electrons. The van der Waals surface area contributed by atoms with Crippen LogP contribution in [0.15, 0.2) is 58.3 Å². The fraction of sp³-hybridized carbons (Fsp3) is 0.0588. The molecule has 0 fully saturated rings. The monoisotopic (exact) mass is 368 g/mol. The highest BCUT2D eigenvalue weighted by atomic mass is 32.1. The minimum atomic E-state index is -0.317. The Morgan fingerprint density at radius 2 is 2.04 bits per heavy atom. The fourth-order valence-corrected chi connectivity index (χ4v) is 4.02. The number of aromatic nitrogens is 3. The van der Waals surface area contributed by atoms with Gasteiger partial charge in [0.15, 0.2) is 0 Å². The van der Waals surface area contributed by atoms with Gasteiger partial charge in [0, 0.05) is 5.38 Å². The van der Waals surface area contributed by atoms with Crippen molar-refractivity contribution in [2.75, 3.05) is 5.43 Å². The number of nitrogens with one attached hydrogen (secondary N) is 1. The van der Waals surface area contributed by atoms with Crippen LogP contribution in [0.1, 0.15) is 5.69 Å². The Bertz CT molecular complexity index is 1100. The number of rotatable bonds is 4. The second-order valence-electron chi connectivity index (χ2n) is 5.27. The molecule has 0 saturated carbocycles.